The molecule has 0 bridgehead atoms. The monoisotopic (exact) mass is 281 g/mol. The summed E-state index contributed by atoms with van der Waals surface area (Å²) in [5.41, 5.74) is 0. The average Bonchev–Trinajstić information content (AvgIpc) is 3.20. The van der Waals surface area contributed by atoms with E-state index in [1.165, 1.54) is 12.8 Å². The lowest BCUT2D eigenvalue weighted by Crippen LogP contribution is -2.44. The molecule has 116 valence electrons. The Morgan fingerprint density at radius 2 is 2.00 bits per heavy atom. The Labute approximate surface area is 123 Å². The molecule has 1 heterocycles. The second kappa shape index (κ2) is 6.44. The molecule has 0 aromatic carbocycles. The van der Waals surface area contributed by atoms with Crippen LogP contribution in [0.3, 0.4) is 0 Å². The number of amides is 1. The van der Waals surface area contributed by atoms with Gasteiger partial charge in [-0.2, -0.15) is 0 Å². The Morgan fingerprint density at radius 3 is 2.50 bits per heavy atom. The summed E-state index contributed by atoms with van der Waals surface area (Å²) in [5, 5.41) is 3.57. The van der Waals surface area contributed by atoms with Gasteiger partial charge in [-0.3, -0.25) is 10.1 Å². The molecule has 2 rings (SSSR count). The van der Waals surface area contributed by atoms with Gasteiger partial charge in [0.2, 0.25) is 5.91 Å². The minimum atomic E-state index is 0.0126. The maximum atomic E-state index is 12.7. The molecule has 1 amide bonds. The van der Waals surface area contributed by atoms with Crippen LogP contribution in [0.15, 0.2) is 0 Å². The summed E-state index contributed by atoms with van der Waals surface area (Å²) in [4.78, 5) is 17.2. The number of rotatable bonds is 7. The number of hydrogen-bond acceptors (Lipinski definition) is 3. The van der Waals surface area contributed by atoms with E-state index in [-0.39, 0.29) is 12.2 Å². The average molecular weight is 281 g/mol. The standard InChI is InChI=1S/C16H31N3O/c1-6-12(4)14-16(20)19(15(17-14)11(2)3)10-9-18(5)13-7-8-13/h11-15,17H,6-10H2,1-5H3. The zero-order chi connectivity index (χ0) is 14.9. The summed E-state index contributed by atoms with van der Waals surface area (Å²) in [7, 11) is 2.18. The van der Waals surface area contributed by atoms with Gasteiger partial charge < -0.3 is 9.80 Å². The zero-order valence-corrected chi connectivity index (χ0v) is 13.7. The Balaban J connectivity index is 1.97. The third-order valence-corrected chi connectivity index (χ3v) is 4.94. The number of carbonyl (C=O) groups is 1. The van der Waals surface area contributed by atoms with Gasteiger partial charge in [-0.05, 0) is 31.7 Å². The fourth-order valence-electron chi connectivity index (χ4n) is 3.07. The van der Waals surface area contributed by atoms with Gasteiger partial charge in [-0.25, -0.2) is 0 Å². The van der Waals surface area contributed by atoms with Crippen LogP contribution in [0.1, 0.15) is 47.0 Å². The molecule has 1 aliphatic carbocycles. The summed E-state index contributed by atoms with van der Waals surface area (Å²) in [6.07, 6.45) is 3.90. The lowest BCUT2D eigenvalue weighted by Gasteiger charge is -2.29. The van der Waals surface area contributed by atoms with E-state index in [2.05, 4.69) is 49.9 Å². The molecule has 3 unspecified atom stereocenters. The fraction of sp³-hybridized carbons (Fsp3) is 0.938. The molecular weight excluding hydrogens is 250 g/mol. The highest BCUT2D eigenvalue weighted by molar-refractivity contribution is 5.84. The predicted molar refractivity (Wildman–Crippen MR) is 82.4 cm³/mol. The molecular formula is C16H31N3O. The maximum absolute atomic E-state index is 12.7. The van der Waals surface area contributed by atoms with Crippen molar-refractivity contribution in [3.63, 3.8) is 0 Å². The van der Waals surface area contributed by atoms with E-state index in [0.29, 0.717) is 17.7 Å². The van der Waals surface area contributed by atoms with Crippen molar-refractivity contribution in [3.05, 3.63) is 0 Å². The summed E-state index contributed by atoms with van der Waals surface area (Å²) in [5.74, 6) is 1.18. The first kappa shape index (κ1) is 15.8. The summed E-state index contributed by atoms with van der Waals surface area (Å²) < 4.78 is 0. The van der Waals surface area contributed by atoms with Crippen molar-refractivity contribution >= 4 is 5.91 Å². The summed E-state index contributed by atoms with van der Waals surface area (Å²) in [6, 6.07) is 0.780. The van der Waals surface area contributed by atoms with E-state index in [9.17, 15) is 4.79 Å². The van der Waals surface area contributed by atoms with Crippen LogP contribution in [0.25, 0.3) is 0 Å². The molecule has 0 aromatic heterocycles. The summed E-state index contributed by atoms with van der Waals surface area (Å²) in [6.45, 7) is 10.6. The van der Waals surface area contributed by atoms with Crippen LogP contribution in [0.4, 0.5) is 0 Å². The van der Waals surface area contributed by atoms with E-state index in [4.69, 9.17) is 0 Å². The van der Waals surface area contributed by atoms with Crippen molar-refractivity contribution in [3.8, 4) is 0 Å². The van der Waals surface area contributed by atoms with Gasteiger partial charge >= 0.3 is 0 Å². The van der Waals surface area contributed by atoms with Crippen molar-refractivity contribution in [2.75, 3.05) is 20.1 Å². The largest absolute Gasteiger partial charge is 0.324 e. The van der Waals surface area contributed by atoms with Crippen LogP contribution in [0, 0.1) is 11.8 Å². The molecule has 3 atom stereocenters. The van der Waals surface area contributed by atoms with E-state index in [0.717, 1.165) is 25.6 Å². The Hall–Kier alpha value is -0.610. The zero-order valence-electron chi connectivity index (χ0n) is 13.7. The van der Waals surface area contributed by atoms with Crippen LogP contribution in [-0.4, -0.2) is 54.1 Å². The lowest BCUT2D eigenvalue weighted by atomic mass is 9.99. The summed E-state index contributed by atoms with van der Waals surface area (Å²) >= 11 is 0. The minimum absolute atomic E-state index is 0.0126. The highest BCUT2D eigenvalue weighted by atomic mass is 16.2. The molecule has 2 fully saturated rings. The SMILES string of the molecule is CCC(C)C1NC(C(C)C)N(CCN(C)C2CC2)C1=O. The molecule has 0 radical (unpaired) electrons. The van der Waals surface area contributed by atoms with Gasteiger partial charge in [0.05, 0.1) is 12.2 Å². The smallest absolute Gasteiger partial charge is 0.241 e. The van der Waals surface area contributed by atoms with Crippen LogP contribution >= 0.6 is 0 Å². The van der Waals surface area contributed by atoms with Crippen LogP contribution in [-0.2, 0) is 4.79 Å². The number of likely N-dealkylation sites (N-methyl/N-ethyl adjacent to an activating group) is 1. The van der Waals surface area contributed by atoms with Crippen LogP contribution < -0.4 is 5.32 Å². The normalized spacial score (nSPS) is 28.8. The lowest BCUT2D eigenvalue weighted by molar-refractivity contribution is -0.131. The van der Waals surface area contributed by atoms with Gasteiger partial charge in [-0.1, -0.05) is 34.1 Å². The van der Waals surface area contributed by atoms with Gasteiger partial charge in [0, 0.05) is 19.1 Å². The Kier molecular flexibility index (Phi) is 5.08. The molecule has 4 heteroatoms. The topological polar surface area (TPSA) is 35.6 Å². The number of carbonyl (C=O) groups excluding carboxylic acids is 1. The first-order chi connectivity index (χ1) is 9.45. The molecule has 1 aliphatic heterocycles. The third-order valence-electron chi connectivity index (χ3n) is 4.94. The van der Waals surface area contributed by atoms with Crippen molar-refractivity contribution < 1.29 is 4.79 Å². The molecule has 20 heavy (non-hydrogen) atoms. The van der Waals surface area contributed by atoms with Gasteiger partial charge in [-0.15, -0.1) is 0 Å². The Morgan fingerprint density at radius 1 is 1.35 bits per heavy atom. The van der Waals surface area contributed by atoms with Crippen molar-refractivity contribution in [1.29, 1.82) is 0 Å². The van der Waals surface area contributed by atoms with E-state index < -0.39 is 0 Å². The van der Waals surface area contributed by atoms with E-state index >= 15 is 0 Å². The van der Waals surface area contributed by atoms with Gasteiger partial charge in [0.1, 0.15) is 0 Å². The van der Waals surface area contributed by atoms with E-state index in [1.807, 2.05) is 0 Å². The molecule has 0 spiro atoms. The predicted octanol–water partition coefficient (Wildman–Crippen LogP) is 1.91. The van der Waals surface area contributed by atoms with Crippen molar-refractivity contribution in [2.45, 2.75) is 65.2 Å². The Bertz CT molecular complexity index is 341. The van der Waals surface area contributed by atoms with Crippen LogP contribution in [0.5, 0.6) is 0 Å². The third kappa shape index (κ3) is 3.34. The minimum Gasteiger partial charge on any atom is -0.324 e. The van der Waals surface area contributed by atoms with Crippen molar-refractivity contribution in [1.82, 2.24) is 15.1 Å². The molecule has 1 saturated heterocycles. The maximum Gasteiger partial charge on any atom is 0.241 e. The number of nitrogens with one attached hydrogen (secondary N) is 1. The molecule has 1 saturated carbocycles. The van der Waals surface area contributed by atoms with Gasteiger partial charge in [0.15, 0.2) is 0 Å². The number of hydrogen-bond donors (Lipinski definition) is 1. The quantitative estimate of drug-likeness (QED) is 0.774. The highest BCUT2D eigenvalue weighted by Gasteiger charge is 2.42. The highest BCUT2D eigenvalue weighted by Crippen LogP contribution is 2.26. The number of nitrogens with zero attached hydrogens (tertiary/aromatic N) is 2. The second-order valence-electron chi connectivity index (χ2n) is 6.96. The molecule has 2 aliphatic rings. The molecule has 4 nitrogen and oxygen atoms in total. The first-order valence-electron chi connectivity index (χ1n) is 8.22. The molecule has 1 N–H and O–H groups in total. The fourth-order valence-corrected chi connectivity index (χ4v) is 3.07. The van der Waals surface area contributed by atoms with Crippen LogP contribution in [0.2, 0.25) is 0 Å². The second-order valence-corrected chi connectivity index (χ2v) is 6.96. The van der Waals surface area contributed by atoms with Gasteiger partial charge in [0.25, 0.3) is 0 Å². The first-order valence-corrected chi connectivity index (χ1v) is 8.22. The van der Waals surface area contributed by atoms with E-state index in [1.54, 1.807) is 0 Å². The van der Waals surface area contributed by atoms with Crippen molar-refractivity contribution in [2.24, 2.45) is 11.8 Å². The molecule has 0 aromatic rings.